The van der Waals surface area contributed by atoms with Gasteiger partial charge in [-0.2, -0.15) is 0 Å². The third-order valence-electron chi connectivity index (χ3n) is 2.58. The molecule has 4 nitrogen and oxygen atoms in total. The first-order chi connectivity index (χ1) is 8.65. The number of thiazole rings is 1. The van der Waals surface area contributed by atoms with E-state index in [0.29, 0.717) is 12.2 Å². The van der Waals surface area contributed by atoms with Gasteiger partial charge in [-0.25, -0.2) is 4.98 Å². The van der Waals surface area contributed by atoms with Crippen LogP contribution in [0.25, 0.3) is 0 Å². The Balaban J connectivity index is 1.96. The molecule has 0 spiro atoms. The van der Waals surface area contributed by atoms with Gasteiger partial charge >= 0.3 is 5.97 Å². The normalized spacial score (nSPS) is 10.3. The minimum absolute atomic E-state index is 0.0253. The summed E-state index contributed by atoms with van der Waals surface area (Å²) in [5.74, 6) is -0.856. The predicted molar refractivity (Wildman–Crippen MR) is 72.0 cm³/mol. The molecule has 0 aliphatic rings. The number of anilines is 1. The Labute approximate surface area is 109 Å². The molecule has 94 valence electrons. The quantitative estimate of drug-likeness (QED) is 0.869. The van der Waals surface area contributed by atoms with Gasteiger partial charge in [0.2, 0.25) is 0 Å². The number of nitrogens with one attached hydrogen (secondary N) is 1. The lowest BCUT2D eigenvalue weighted by molar-refractivity contribution is -0.136. The lowest BCUT2D eigenvalue weighted by atomic mass is 10.1. The highest BCUT2D eigenvalue weighted by molar-refractivity contribution is 7.13. The van der Waals surface area contributed by atoms with E-state index >= 15 is 0 Å². The van der Waals surface area contributed by atoms with Gasteiger partial charge in [-0.3, -0.25) is 4.79 Å². The molecule has 0 atom stereocenters. The lowest BCUT2D eigenvalue weighted by Gasteiger charge is -2.05. The molecule has 1 heterocycles. The molecule has 0 saturated heterocycles. The van der Waals surface area contributed by atoms with Crippen molar-refractivity contribution >= 4 is 22.4 Å². The number of carboxylic acids is 1. The lowest BCUT2D eigenvalue weighted by Crippen LogP contribution is -2.02. The molecule has 18 heavy (non-hydrogen) atoms. The second kappa shape index (κ2) is 5.64. The van der Waals surface area contributed by atoms with Crippen LogP contribution in [-0.2, 0) is 17.8 Å². The van der Waals surface area contributed by atoms with Crippen LogP contribution in [0.5, 0.6) is 0 Å². The molecule has 0 saturated carbocycles. The average Bonchev–Trinajstić information content (AvgIpc) is 2.75. The summed E-state index contributed by atoms with van der Waals surface area (Å²) in [4.78, 5) is 14.8. The molecule has 0 amide bonds. The number of nitrogens with zero attached hydrogens (tertiary/aromatic N) is 1. The molecule has 1 aromatic carbocycles. The van der Waals surface area contributed by atoms with E-state index in [1.807, 2.05) is 12.1 Å². The second-order valence-corrected chi connectivity index (χ2v) is 4.85. The average molecular weight is 262 g/mol. The van der Waals surface area contributed by atoms with E-state index in [4.69, 9.17) is 5.11 Å². The van der Waals surface area contributed by atoms with Gasteiger partial charge in [0.15, 0.2) is 5.13 Å². The monoisotopic (exact) mass is 262 g/mol. The fraction of sp³-hybridized carbons (Fsp3) is 0.231. The molecule has 5 heteroatoms. The topological polar surface area (TPSA) is 62.2 Å². The van der Waals surface area contributed by atoms with E-state index in [0.717, 1.165) is 5.13 Å². The molecular weight excluding hydrogens is 248 g/mol. The summed E-state index contributed by atoms with van der Waals surface area (Å²) >= 11 is 1.43. The first kappa shape index (κ1) is 12.6. The maximum absolute atomic E-state index is 10.5. The Hall–Kier alpha value is -1.88. The van der Waals surface area contributed by atoms with E-state index < -0.39 is 5.97 Å². The van der Waals surface area contributed by atoms with Crippen LogP contribution in [0, 0.1) is 6.92 Å². The van der Waals surface area contributed by atoms with Crippen molar-refractivity contribution in [2.45, 2.75) is 19.9 Å². The van der Waals surface area contributed by atoms with Gasteiger partial charge in [-0.1, -0.05) is 24.3 Å². The molecule has 0 aliphatic carbocycles. The van der Waals surface area contributed by atoms with Crippen LogP contribution in [0.15, 0.2) is 29.6 Å². The van der Waals surface area contributed by atoms with Crippen LogP contribution < -0.4 is 5.32 Å². The summed E-state index contributed by atoms with van der Waals surface area (Å²) in [6.07, 6.45) is -0.0253. The molecule has 0 radical (unpaired) electrons. The number of carboxylic acid groups (broad SMARTS) is 1. The molecule has 2 aromatic rings. The Kier molecular flexibility index (Phi) is 3.94. The van der Waals surface area contributed by atoms with E-state index in [1.165, 1.54) is 22.5 Å². The molecule has 2 N–H and O–H groups in total. The maximum Gasteiger partial charge on any atom is 0.309 e. The van der Waals surface area contributed by atoms with Crippen molar-refractivity contribution in [1.29, 1.82) is 0 Å². The summed E-state index contributed by atoms with van der Waals surface area (Å²) in [6, 6.07) is 8.14. The summed E-state index contributed by atoms with van der Waals surface area (Å²) in [7, 11) is 0. The minimum Gasteiger partial charge on any atom is -0.481 e. The molecule has 1 aromatic heterocycles. The number of hydrogen-bond acceptors (Lipinski definition) is 4. The van der Waals surface area contributed by atoms with Crippen LogP contribution in [0.4, 0.5) is 5.13 Å². The van der Waals surface area contributed by atoms with Gasteiger partial charge in [0.1, 0.15) is 0 Å². The number of carbonyl (C=O) groups is 1. The molecular formula is C13H14N2O2S. The third-order valence-corrected chi connectivity index (χ3v) is 3.42. The fourth-order valence-corrected chi connectivity index (χ4v) is 2.31. The first-order valence-electron chi connectivity index (χ1n) is 5.60. The SMILES string of the molecule is Cc1ccccc1CNc1nc(CC(=O)O)cs1. The number of hydrogen-bond donors (Lipinski definition) is 2. The number of benzene rings is 1. The zero-order chi connectivity index (χ0) is 13.0. The van der Waals surface area contributed by atoms with E-state index in [9.17, 15) is 4.79 Å². The zero-order valence-corrected chi connectivity index (χ0v) is 10.8. The Morgan fingerprint density at radius 3 is 2.94 bits per heavy atom. The van der Waals surface area contributed by atoms with Crippen molar-refractivity contribution in [3.63, 3.8) is 0 Å². The van der Waals surface area contributed by atoms with Gasteiger partial charge < -0.3 is 10.4 Å². The largest absolute Gasteiger partial charge is 0.481 e. The molecule has 0 unspecified atom stereocenters. The highest BCUT2D eigenvalue weighted by atomic mass is 32.1. The van der Waals surface area contributed by atoms with Crippen molar-refractivity contribution < 1.29 is 9.90 Å². The van der Waals surface area contributed by atoms with Crippen molar-refractivity contribution in [3.8, 4) is 0 Å². The minimum atomic E-state index is -0.856. The fourth-order valence-electron chi connectivity index (χ4n) is 1.60. The first-order valence-corrected chi connectivity index (χ1v) is 6.47. The van der Waals surface area contributed by atoms with Gasteiger partial charge in [0.05, 0.1) is 12.1 Å². The maximum atomic E-state index is 10.5. The van der Waals surface area contributed by atoms with Crippen LogP contribution in [0.1, 0.15) is 16.8 Å². The highest BCUT2D eigenvalue weighted by Crippen LogP contribution is 2.17. The molecule has 2 rings (SSSR count). The van der Waals surface area contributed by atoms with Crippen LogP contribution in [0.2, 0.25) is 0 Å². The molecule has 0 bridgehead atoms. The van der Waals surface area contributed by atoms with Crippen LogP contribution in [-0.4, -0.2) is 16.1 Å². The molecule has 0 aliphatic heterocycles. The zero-order valence-electron chi connectivity index (χ0n) is 10.0. The van der Waals surface area contributed by atoms with Crippen molar-refractivity contribution in [2.75, 3.05) is 5.32 Å². The number of aryl methyl sites for hydroxylation is 1. The summed E-state index contributed by atoms with van der Waals surface area (Å²) in [6.45, 7) is 2.77. The van der Waals surface area contributed by atoms with E-state index in [-0.39, 0.29) is 6.42 Å². The predicted octanol–water partition coefficient (Wildman–Crippen LogP) is 2.69. The van der Waals surface area contributed by atoms with Crippen molar-refractivity contribution in [2.24, 2.45) is 0 Å². The smallest absolute Gasteiger partial charge is 0.309 e. The van der Waals surface area contributed by atoms with Crippen molar-refractivity contribution in [1.82, 2.24) is 4.98 Å². The number of rotatable bonds is 5. The summed E-state index contributed by atoms with van der Waals surface area (Å²) in [5, 5.41) is 14.4. The van der Waals surface area contributed by atoms with Crippen LogP contribution >= 0.6 is 11.3 Å². The van der Waals surface area contributed by atoms with E-state index in [2.05, 4.69) is 29.4 Å². The highest BCUT2D eigenvalue weighted by Gasteiger charge is 2.06. The Bertz CT molecular complexity index is 551. The van der Waals surface area contributed by atoms with Crippen molar-refractivity contribution in [3.05, 3.63) is 46.5 Å². The van der Waals surface area contributed by atoms with Gasteiger partial charge in [0.25, 0.3) is 0 Å². The Morgan fingerprint density at radius 2 is 2.22 bits per heavy atom. The third kappa shape index (κ3) is 3.30. The second-order valence-electron chi connectivity index (χ2n) is 3.99. The molecule has 0 fully saturated rings. The number of aromatic nitrogens is 1. The van der Waals surface area contributed by atoms with Crippen LogP contribution in [0.3, 0.4) is 0 Å². The summed E-state index contributed by atoms with van der Waals surface area (Å²) < 4.78 is 0. The van der Waals surface area contributed by atoms with Gasteiger partial charge in [0, 0.05) is 11.9 Å². The number of aliphatic carboxylic acids is 1. The standard InChI is InChI=1S/C13H14N2O2S/c1-9-4-2-3-5-10(9)7-14-13-15-11(8-18-13)6-12(16)17/h2-5,8H,6-7H2,1H3,(H,14,15)(H,16,17). The van der Waals surface area contributed by atoms with E-state index in [1.54, 1.807) is 5.38 Å². The summed E-state index contributed by atoms with van der Waals surface area (Å²) in [5.41, 5.74) is 3.04. The van der Waals surface area contributed by atoms with Gasteiger partial charge in [-0.15, -0.1) is 11.3 Å². The van der Waals surface area contributed by atoms with Gasteiger partial charge in [-0.05, 0) is 18.1 Å². The Morgan fingerprint density at radius 1 is 1.44 bits per heavy atom.